The predicted molar refractivity (Wildman–Crippen MR) is 101 cm³/mol. The molecule has 0 unspecified atom stereocenters. The largest absolute Gasteiger partial charge is 0.311 e. The highest BCUT2D eigenvalue weighted by atomic mass is 32.2. The zero-order chi connectivity index (χ0) is 17.1. The lowest BCUT2D eigenvalue weighted by atomic mass is 10.3. The number of aromatic nitrogens is 2. The van der Waals surface area contributed by atoms with E-state index in [0.717, 1.165) is 54.2 Å². The van der Waals surface area contributed by atoms with Crippen molar-refractivity contribution in [3.05, 3.63) is 36.7 Å². The van der Waals surface area contributed by atoms with Crippen LogP contribution in [0.3, 0.4) is 0 Å². The molecule has 2 aromatic heterocycles. The second-order valence-electron chi connectivity index (χ2n) is 6.27. The molecular formula is C19H21N5S. The fraction of sp³-hybridized carbons (Fsp3) is 0.368. The molecule has 25 heavy (non-hydrogen) atoms. The Balaban J connectivity index is 1.48. The Hall–Kier alpha value is -2.07. The first-order chi connectivity index (χ1) is 12.3. The number of fused-ring (bicyclic) bond motifs is 2. The Bertz CT molecular complexity index is 759. The highest BCUT2D eigenvalue weighted by molar-refractivity contribution is 7.99. The molecular weight excluding hydrogens is 330 g/mol. The molecule has 5 nitrogen and oxygen atoms in total. The number of likely N-dealkylation sites (N-methyl/N-ethyl adjacent to an activating group) is 1. The smallest absolute Gasteiger partial charge is 0.148 e. The van der Waals surface area contributed by atoms with Crippen molar-refractivity contribution in [2.24, 2.45) is 0 Å². The maximum Gasteiger partial charge on any atom is 0.148 e. The summed E-state index contributed by atoms with van der Waals surface area (Å²) in [6, 6.07) is 8.12. The van der Waals surface area contributed by atoms with Gasteiger partial charge in [-0.3, -0.25) is 4.90 Å². The number of pyridine rings is 2. The molecule has 1 saturated heterocycles. The van der Waals surface area contributed by atoms with Gasteiger partial charge in [-0.15, -0.1) is 0 Å². The molecule has 128 valence electrons. The zero-order valence-electron chi connectivity index (χ0n) is 14.4. The number of hydrogen-bond acceptors (Lipinski definition) is 6. The topological polar surface area (TPSA) is 35.5 Å². The first-order valence-electron chi connectivity index (χ1n) is 8.53. The van der Waals surface area contributed by atoms with E-state index in [0.29, 0.717) is 6.54 Å². The van der Waals surface area contributed by atoms with E-state index in [-0.39, 0.29) is 0 Å². The summed E-state index contributed by atoms with van der Waals surface area (Å²) in [5.41, 5.74) is 1.09. The van der Waals surface area contributed by atoms with E-state index < -0.39 is 0 Å². The Morgan fingerprint density at radius 3 is 2.64 bits per heavy atom. The molecule has 1 fully saturated rings. The van der Waals surface area contributed by atoms with Gasteiger partial charge in [0.25, 0.3) is 0 Å². The third-order valence-electron chi connectivity index (χ3n) is 4.52. The first kappa shape index (κ1) is 16.4. The molecule has 0 spiro atoms. The minimum atomic E-state index is 0.636. The summed E-state index contributed by atoms with van der Waals surface area (Å²) < 4.78 is 0. The molecule has 0 aliphatic carbocycles. The second kappa shape index (κ2) is 7.44. The van der Waals surface area contributed by atoms with Gasteiger partial charge in [0.15, 0.2) is 0 Å². The summed E-state index contributed by atoms with van der Waals surface area (Å²) in [4.78, 5) is 17.2. The summed E-state index contributed by atoms with van der Waals surface area (Å²) in [5, 5.41) is 1.02. The lowest BCUT2D eigenvalue weighted by Gasteiger charge is -2.31. The highest BCUT2D eigenvalue weighted by Crippen LogP contribution is 2.45. The van der Waals surface area contributed by atoms with Gasteiger partial charge >= 0.3 is 0 Å². The molecule has 4 heterocycles. The third kappa shape index (κ3) is 3.64. The van der Waals surface area contributed by atoms with Crippen LogP contribution in [-0.4, -0.2) is 66.1 Å². The minimum Gasteiger partial charge on any atom is -0.311 e. The molecule has 0 amide bonds. The molecule has 0 radical (unpaired) electrons. The van der Waals surface area contributed by atoms with Gasteiger partial charge < -0.3 is 9.80 Å². The Morgan fingerprint density at radius 2 is 1.76 bits per heavy atom. The van der Waals surface area contributed by atoms with E-state index in [1.165, 1.54) is 0 Å². The van der Waals surface area contributed by atoms with Gasteiger partial charge in [-0.1, -0.05) is 23.6 Å². The lowest BCUT2D eigenvalue weighted by Crippen LogP contribution is -2.44. The van der Waals surface area contributed by atoms with Crippen molar-refractivity contribution in [2.75, 3.05) is 51.2 Å². The van der Waals surface area contributed by atoms with E-state index >= 15 is 0 Å². The maximum absolute atomic E-state index is 4.57. The van der Waals surface area contributed by atoms with Crippen molar-refractivity contribution in [2.45, 2.75) is 9.92 Å². The van der Waals surface area contributed by atoms with E-state index in [1.807, 2.05) is 24.5 Å². The minimum absolute atomic E-state index is 0.636. The quantitative estimate of drug-likeness (QED) is 0.773. The molecule has 0 N–H and O–H groups in total. The van der Waals surface area contributed by atoms with Crippen LogP contribution < -0.4 is 4.90 Å². The van der Waals surface area contributed by atoms with Crippen LogP contribution in [0, 0.1) is 11.8 Å². The van der Waals surface area contributed by atoms with Gasteiger partial charge in [0.2, 0.25) is 0 Å². The van der Waals surface area contributed by atoms with Crippen LogP contribution in [0.5, 0.6) is 0 Å². The molecule has 2 aliphatic heterocycles. The van der Waals surface area contributed by atoms with Gasteiger partial charge in [0.05, 0.1) is 23.7 Å². The van der Waals surface area contributed by atoms with Crippen LogP contribution in [-0.2, 0) is 0 Å². The standard InChI is InChI=1S/C19H21N5S/c1-22-12-14-23(15-13-22)10-2-3-11-24-16-6-4-9-21-19(16)25-17-7-5-8-20-18(17)24/h4-9H,10-15H2,1H3. The van der Waals surface area contributed by atoms with Crippen molar-refractivity contribution in [3.63, 3.8) is 0 Å². The number of rotatable bonds is 2. The van der Waals surface area contributed by atoms with Gasteiger partial charge in [-0.25, -0.2) is 9.97 Å². The van der Waals surface area contributed by atoms with Crippen molar-refractivity contribution in [1.29, 1.82) is 0 Å². The fourth-order valence-corrected chi connectivity index (χ4v) is 4.02. The molecule has 6 heteroatoms. The molecule has 0 saturated carbocycles. The van der Waals surface area contributed by atoms with Gasteiger partial charge in [0, 0.05) is 38.6 Å². The Kier molecular flexibility index (Phi) is 4.88. The van der Waals surface area contributed by atoms with Crippen molar-refractivity contribution < 1.29 is 0 Å². The van der Waals surface area contributed by atoms with E-state index in [4.69, 9.17) is 0 Å². The summed E-state index contributed by atoms with van der Waals surface area (Å²) in [5.74, 6) is 7.65. The normalized spacial score (nSPS) is 17.4. The number of piperazine rings is 1. The molecule has 2 aliphatic rings. The average Bonchev–Trinajstić information content (AvgIpc) is 2.66. The maximum atomic E-state index is 4.57. The van der Waals surface area contributed by atoms with Crippen molar-refractivity contribution in [1.82, 2.24) is 19.8 Å². The molecule has 0 atom stereocenters. The van der Waals surface area contributed by atoms with E-state index in [2.05, 4.69) is 55.7 Å². The monoisotopic (exact) mass is 351 g/mol. The number of anilines is 2. The van der Waals surface area contributed by atoms with Gasteiger partial charge in [-0.2, -0.15) is 0 Å². The molecule has 4 rings (SSSR count). The zero-order valence-corrected chi connectivity index (χ0v) is 15.2. The first-order valence-corrected chi connectivity index (χ1v) is 9.35. The summed E-state index contributed by atoms with van der Waals surface area (Å²) in [6.45, 7) is 5.93. The Morgan fingerprint density at radius 1 is 1.00 bits per heavy atom. The van der Waals surface area contributed by atoms with Crippen LogP contribution in [0.2, 0.25) is 0 Å². The summed E-state index contributed by atoms with van der Waals surface area (Å²) in [6.07, 6.45) is 3.68. The van der Waals surface area contributed by atoms with Crippen LogP contribution in [0.4, 0.5) is 11.5 Å². The SMILES string of the molecule is CN1CCN(CC#CCN2c3cccnc3Sc3cccnc32)CC1. The average molecular weight is 351 g/mol. The number of hydrogen-bond donors (Lipinski definition) is 0. The van der Waals surface area contributed by atoms with E-state index in [1.54, 1.807) is 11.8 Å². The van der Waals surface area contributed by atoms with Gasteiger partial charge in [0.1, 0.15) is 10.8 Å². The fourth-order valence-electron chi connectivity index (χ4n) is 3.02. The van der Waals surface area contributed by atoms with Crippen LogP contribution in [0.25, 0.3) is 0 Å². The molecule has 0 bridgehead atoms. The van der Waals surface area contributed by atoms with Crippen LogP contribution >= 0.6 is 11.8 Å². The van der Waals surface area contributed by atoms with Crippen molar-refractivity contribution in [3.8, 4) is 11.8 Å². The summed E-state index contributed by atoms with van der Waals surface area (Å²) >= 11 is 1.67. The van der Waals surface area contributed by atoms with Crippen molar-refractivity contribution >= 4 is 23.3 Å². The summed E-state index contributed by atoms with van der Waals surface area (Å²) in [7, 11) is 2.17. The number of nitrogens with zero attached hydrogens (tertiary/aromatic N) is 5. The van der Waals surface area contributed by atoms with Crippen LogP contribution in [0.15, 0.2) is 46.6 Å². The van der Waals surface area contributed by atoms with Gasteiger partial charge in [-0.05, 0) is 31.3 Å². The third-order valence-corrected chi connectivity index (χ3v) is 5.56. The molecule has 0 aromatic carbocycles. The van der Waals surface area contributed by atoms with E-state index in [9.17, 15) is 0 Å². The second-order valence-corrected chi connectivity index (χ2v) is 7.30. The predicted octanol–water partition coefficient (Wildman–Crippen LogP) is 2.33. The molecule has 2 aromatic rings. The van der Waals surface area contributed by atoms with Crippen LogP contribution in [0.1, 0.15) is 0 Å². The lowest BCUT2D eigenvalue weighted by molar-refractivity contribution is 0.168. The Labute approximate surface area is 153 Å². The highest BCUT2D eigenvalue weighted by Gasteiger charge is 2.24.